The van der Waals surface area contributed by atoms with Gasteiger partial charge in [0.15, 0.2) is 0 Å². The van der Waals surface area contributed by atoms with Crippen LogP contribution in [0.1, 0.15) is 48.7 Å². The molecule has 8 nitrogen and oxygen atoms in total. The Morgan fingerprint density at radius 2 is 2.08 bits per heavy atom. The monoisotopic (exact) mass is 357 g/mol. The van der Waals surface area contributed by atoms with E-state index in [0.29, 0.717) is 12.3 Å². The Balaban J connectivity index is 1.40. The number of nitrogens with two attached hydrogens (primary N) is 1. The third-order valence-electron chi connectivity index (χ3n) is 4.82. The summed E-state index contributed by atoms with van der Waals surface area (Å²) in [4.78, 5) is 20.5. The molecule has 4 N–H and O–H groups in total. The average molecular weight is 357 g/mol. The third kappa shape index (κ3) is 4.30. The molecule has 2 heterocycles. The van der Waals surface area contributed by atoms with Crippen LogP contribution in [-0.4, -0.2) is 38.7 Å². The van der Waals surface area contributed by atoms with E-state index in [0.717, 1.165) is 48.7 Å². The van der Waals surface area contributed by atoms with E-state index in [2.05, 4.69) is 25.7 Å². The zero-order chi connectivity index (χ0) is 18.7. The van der Waals surface area contributed by atoms with Gasteiger partial charge in [0.1, 0.15) is 5.82 Å². The number of anilines is 2. The summed E-state index contributed by atoms with van der Waals surface area (Å²) < 4.78 is 1.96. The molecule has 26 heavy (non-hydrogen) atoms. The molecular weight excluding hydrogens is 330 g/mol. The minimum Gasteiger partial charge on any atom is -0.373 e. The predicted molar refractivity (Wildman–Crippen MR) is 101 cm³/mol. The Bertz CT molecular complexity index is 780. The summed E-state index contributed by atoms with van der Waals surface area (Å²) >= 11 is 0. The summed E-state index contributed by atoms with van der Waals surface area (Å²) in [6, 6.07) is 4.19. The van der Waals surface area contributed by atoms with Crippen LogP contribution < -0.4 is 16.4 Å². The molecule has 0 radical (unpaired) electrons. The fraction of sp³-hybridized carbons (Fsp3) is 0.556. The van der Waals surface area contributed by atoms with Crippen LogP contribution in [0, 0.1) is 13.8 Å². The molecule has 3 rings (SSSR count). The van der Waals surface area contributed by atoms with Crippen molar-refractivity contribution in [2.24, 2.45) is 0 Å². The van der Waals surface area contributed by atoms with Gasteiger partial charge in [-0.15, -0.1) is 0 Å². The summed E-state index contributed by atoms with van der Waals surface area (Å²) in [5.41, 5.74) is 8.83. The lowest BCUT2D eigenvalue weighted by Gasteiger charge is -2.35. The van der Waals surface area contributed by atoms with Crippen molar-refractivity contribution in [3.63, 3.8) is 0 Å². The van der Waals surface area contributed by atoms with E-state index in [9.17, 15) is 4.79 Å². The summed E-state index contributed by atoms with van der Waals surface area (Å²) in [6.07, 6.45) is 3.09. The Morgan fingerprint density at radius 1 is 1.31 bits per heavy atom. The molecule has 0 spiro atoms. The Morgan fingerprint density at radius 3 is 2.73 bits per heavy atom. The van der Waals surface area contributed by atoms with Gasteiger partial charge in [0.25, 0.3) is 0 Å². The topological polar surface area (TPSA) is 111 Å². The Kier molecular flexibility index (Phi) is 5.39. The van der Waals surface area contributed by atoms with Crippen LogP contribution in [0.15, 0.2) is 12.1 Å². The zero-order valence-corrected chi connectivity index (χ0v) is 15.6. The van der Waals surface area contributed by atoms with Crippen molar-refractivity contribution >= 4 is 17.7 Å². The van der Waals surface area contributed by atoms with Crippen LogP contribution in [0.2, 0.25) is 0 Å². The first-order chi connectivity index (χ1) is 12.4. The summed E-state index contributed by atoms with van der Waals surface area (Å²) in [5.74, 6) is 1.44. The average Bonchev–Trinajstić information content (AvgIpc) is 2.87. The Labute approximate surface area is 153 Å². The second kappa shape index (κ2) is 7.72. The van der Waals surface area contributed by atoms with E-state index in [1.165, 1.54) is 0 Å². The van der Waals surface area contributed by atoms with E-state index in [-0.39, 0.29) is 17.9 Å². The number of nitrogens with zero attached hydrogens (tertiary/aromatic N) is 4. The molecule has 1 aliphatic rings. The first-order valence-electron chi connectivity index (χ1n) is 9.07. The van der Waals surface area contributed by atoms with E-state index in [1.54, 1.807) is 7.05 Å². The number of nitrogen functional groups attached to an aromatic ring is 1. The van der Waals surface area contributed by atoms with Gasteiger partial charge in [0.2, 0.25) is 11.9 Å². The van der Waals surface area contributed by atoms with Gasteiger partial charge in [-0.05, 0) is 39.2 Å². The van der Waals surface area contributed by atoms with Crippen molar-refractivity contribution in [2.45, 2.75) is 58.0 Å². The maximum absolute atomic E-state index is 12.1. The van der Waals surface area contributed by atoms with Crippen molar-refractivity contribution in [3.05, 3.63) is 29.2 Å². The minimum atomic E-state index is 0.105. The van der Waals surface area contributed by atoms with Crippen molar-refractivity contribution in [2.75, 3.05) is 18.1 Å². The Hall–Kier alpha value is -2.64. The second-order valence-corrected chi connectivity index (χ2v) is 6.97. The van der Waals surface area contributed by atoms with Crippen LogP contribution in [0.5, 0.6) is 0 Å². The molecule has 0 aromatic carbocycles. The number of hydrogen-bond donors (Lipinski definition) is 3. The highest BCUT2D eigenvalue weighted by Crippen LogP contribution is 2.36. The third-order valence-corrected chi connectivity index (χ3v) is 4.82. The molecule has 2 aromatic rings. The van der Waals surface area contributed by atoms with Crippen LogP contribution in [0.4, 0.5) is 11.8 Å². The largest absolute Gasteiger partial charge is 0.373 e. The molecule has 0 aliphatic heterocycles. The number of carbonyl (C=O) groups excluding carboxylic acids is 1. The van der Waals surface area contributed by atoms with Gasteiger partial charge >= 0.3 is 0 Å². The molecule has 1 aliphatic carbocycles. The van der Waals surface area contributed by atoms with Crippen molar-refractivity contribution in [1.29, 1.82) is 0 Å². The van der Waals surface area contributed by atoms with Crippen LogP contribution in [-0.2, 0) is 11.3 Å². The molecule has 0 unspecified atom stereocenters. The quantitative estimate of drug-likeness (QED) is 0.696. The number of aromatic nitrogens is 4. The molecule has 1 amide bonds. The maximum atomic E-state index is 12.1. The smallest absolute Gasteiger partial charge is 0.222 e. The highest BCUT2D eigenvalue weighted by atomic mass is 16.1. The molecule has 0 saturated heterocycles. The lowest BCUT2D eigenvalue weighted by atomic mass is 9.78. The number of amides is 1. The number of aryl methyl sites for hydroxylation is 3. The van der Waals surface area contributed by atoms with Crippen LogP contribution in [0.3, 0.4) is 0 Å². The minimum absolute atomic E-state index is 0.105. The predicted octanol–water partition coefficient (Wildman–Crippen LogP) is 1.76. The molecule has 8 heteroatoms. The standard InChI is InChI=1S/C18H27N7O/c1-11-7-12(2)25(24-11)6-4-5-17(26)21-14-8-13(9-14)15-10-16(20-3)23-18(19)22-15/h7,10,13-14H,4-6,8-9H2,1-3H3,(H,21,26)(H3,19,20,22,23). The fourth-order valence-electron chi connectivity index (χ4n) is 3.39. The number of hydrogen-bond acceptors (Lipinski definition) is 6. The fourth-order valence-corrected chi connectivity index (χ4v) is 3.39. The number of carbonyl (C=O) groups is 1. The van der Waals surface area contributed by atoms with Gasteiger partial charge in [0.05, 0.1) is 11.4 Å². The highest BCUT2D eigenvalue weighted by Gasteiger charge is 2.32. The van der Waals surface area contributed by atoms with E-state index in [1.807, 2.05) is 30.7 Å². The molecule has 0 atom stereocenters. The molecule has 140 valence electrons. The number of rotatable bonds is 7. The van der Waals surface area contributed by atoms with Crippen molar-refractivity contribution in [3.8, 4) is 0 Å². The first-order valence-corrected chi connectivity index (χ1v) is 9.07. The molecular formula is C18H27N7O. The van der Waals surface area contributed by atoms with Crippen LogP contribution >= 0.6 is 0 Å². The van der Waals surface area contributed by atoms with Gasteiger partial charge < -0.3 is 16.4 Å². The molecule has 1 saturated carbocycles. The molecule has 0 bridgehead atoms. The van der Waals surface area contributed by atoms with Crippen LogP contribution in [0.25, 0.3) is 0 Å². The summed E-state index contributed by atoms with van der Waals surface area (Å²) in [7, 11) is 1.81. The second-order valence-electron chi connectivity index (χ2n) is 6.97. The van der Waals surface area contributed by atoms with Gasteiger partial charge in [-0.2, -0.15) is 10.1 Å². The summed E-state index contributed by atoms with van der Waals surface area (Å²) in [5, 5.41) is 10.5. The molecule has 1 fully saturated rings. The van der Waals surface area contributed by atoms with Gasteiger partial charge in [-0.1, -0.05) is 0 Å². The SMILES string of the molecule is CNc1cc(C2CC(NC(=O)CCCn3nc(C)cc3C)C2)nc(N)n1. The van der Waals surface area contributed by atoms with E-state index < -0.39 is 0 Å². The van der Waals surface area contributed by atoms with E-state index >= 15 is 0 Å². The lowest BCUT2D eigenvalue weighted by Crippen LogP contribution is -2.43. The van der Waals surface area contributed by atoms with Crippen molar-refractivity contribution in [1.82, 2.24) is 25.1 Å². The normalized spacial score (nSPS) is 19.0. The van der Waals surface area contributed by atoms with Gasteiger partial charge in [0, 0.05) is 43.7 Å². The number of nitrogens with one attached hydrogen (secondary N) is 2. The maximum Gasteiger partial charge on any atom is 0.222 e. The lowest BCUT2D eigenvalue weighted by molar-refractivity contribution is -0.122. The van der Waals surface area contributed by atoms with E-state index in [4.69, 9.17) is 5.73 Å². The van der Waals surface area contributed by atoms with Gasteiger partial charge in [-0.3, -0.25) is 9.48 Å². The first kappa shape index (κ1) is 18.2. The van der Waals surface area contributed by atoms with Gasteiger partial charge in [-0.25, -0.2) is 4.98 Å². The highest BCUT2D eigenvalue weighted by molar-refractivity contribution is 5.76. The zero-order valence-electron chi connectivity index (χ0n) is 15.6. The molecule has 2 aromatic heterocycles. The summed E-state index contributed by atoms with van der Waals surface area (Å²) in [6.45, 7) is 4.79. The van der Waals surface area contributed by atoms with Crippen molar-refractivity contribution < 1.29 is 4.79 Å².